The number of benzene rings is 1. The highest BCUT2D eigenvalue weighted by molar-refractivity contribution is 7.89. The molecule has 1 aromatic carbocycles. The second-order valence-electron chi connectivity index (χ2n) is 4.77. The van der Waals surface area contributed by atoms with Crippen LogP contribution in [0.3, 0.4) is 0 Å². The van der Waals surface area contributed by atoms with E-state index in [1.807, 2.05) is 0 Å². The van der Waals surface area contributed by atoms with Crippen molar-refractivity contribution >= 4 is 10.0 Å². The van der Waals surface area contributed by atoms with Gasteiger partial charge in [-0.2, -0.15) is 4.31 Å². The summed E-state index contributed by atoms with van der Waals surface area (Å²) in [4.78, 5) is 0.142. The van der Waals surface area contributed by atoms with E-state index in [4.69, 9.17) is 4.74 Å². The summed E-state index contributed by atoms with van der Waals surface area (Å²) in [5, 5.41) is 0. The lowest BCUT2D eigenvalue weighted by Crippen LogP contribution is -2.42. The first kappa shape index (κ1) is 14.4. The number of hydrogen-bond donors (Lipinski definition) is 0. The Hall–Kier alpha value is -0.980. The Balaban J connectivity index is 2.28. The highest BCUT2D eigenvalue weighted by Crippen LogP contribution is 2.23. The first-order valence-corrected chi connectivity index (χ1v) is 7.68. The number of sulfonamides is 1. The van der Waals surface area contributed by atoms with E-state index in [-0.39, 0.29) is 11.0 Å². The normalized spacial score (nSPS) is 21.5. The lowest BCUT2D eigenvalue weighted by molar-refractivity contribution is 0.0572. The van der Waals surface area contributed by atoms with Gasteiger partial charge >= 0.3 is 0 Å². The monoisotopic (exact) mass is 287 g/mol. The van der Waals surface area contributed by atoms with Crippen LogP contribution in [0.4, 0.5) is 4.39 Å². The smallest absolute Gasteiger partial charge is 0.243 e. The topological polar surface area (TPSA) is 46.6 Å². The SMILES string of the molecule is CO[C@@H]1CCCN(S(=O)(=O)c2ccc(F)c(C)c2)C1. The number of rotatable bonds is 3. The molecule has 6 heteroatoms. The fourth-order valence-electron chi connectivity index (χ4n) is 2.24. The number of piperidine rings is 1. The largest absolute Gasteiger partial charge is 0.380 e. The molecule has 1 aliphatic rings. The van der Waals surface area contributed by atoms with Crippen molar-refractivity contribution in [1.82, 2.24) is 4.31 Å². The van der Waals surface area contributed by atoms with Crippen molar-refractivity contribution in [2.24, 2.45) is 0 Å². The minimum Gasteiger partial charge on any atom is -0.380 e. The van der Waals surface area contributed by atoms with Gasteiger partial charge in [-0.1, -0.05) is 0 Å². The standard InChI is InChI=1S/C13H18FNO3S/c1-10-8-12(5-6-13(10)14)19(16,17)15-7-3-4-11(9-15)18-2/h5-6,8,11H,3-4,7,9H2,1-2H3/t11-/m1/s1. The molecule has 1 aromatic rings. The van der Waals surface area contributed by atoms with E-state index in [1.165, 1.54) is 22.5 Å². The zero-order valence-corrected chi connectivity index (χ0v) is 11.9. The van der Waals surface area contributed by atoms with E-state index >= 15 is 0 Å². The average molecular weight is 287 g/mol. The van der Waals surface area contributed by atoms with Crippen molar-refractivity contribution in [2.75, 3.05) is 20.2 Å². The molecule has 0 spiro atoms. The molecular weight excluding hydrogens is 269 g/mol. The Morgan fingerprint density at radius 3 is 2.79 bits per heavy atom. The van der Waals surface area contributed by atoms with Gasteiger partial charge in [0.1, 0.15) is 5.82 Å². The van der Waals surface area contributed by atoms with E-state index in [9.17, 15) is 12.8 Å². The van der Waals surface area contributed by atoms with Crippen molar-refractivity contribution in [3.8, 4) is 0 Å². The van der Waals surface area contributed by atoms with Crippen LogP contribution in [0, 0.1) is 12.7 Å². The van der Waals surface area contributed by atoms with Crippen molar-refractivity contribution in [3.05, 3.63) is 29.6 Å². The molecule has 0 aliphatic carbocycles. The summed E-state index contributed by atoms with van der Waals surface area (Å²) in [6.45, 7) is 2.40. The van der Waals surface area contributed by atoms with Crippen LogP contribution in [-0.4, -0.2) is 39.0 Å². The van der Waals surface area contributed by atoms with Gasteiger partial charge in [0.2, 0.25) is 10.0 Å². The summed E-state index contributed by atoms with van der Waals surface area (Å²) >= 11 is 0. The van der Waals surface area contributed by atoms with Crippen LogP contribution in [0.1, 0.15) is 18.4 Å². The molecule has 1 saturated heterocycles. The minimum atomic E-state index is -3.56. The molecule has 0 N–H and O–H groups in total. The van der Waals surface area contributed by atoms with Gasteiger partial charge in [-0.15, -0.1) is 0 Å². The molecule has 4 nitrogen and oxygen atoms in total. The highest BCUT2D eigenvalue weighted by atomic mass is 32.2. The Bertz CT molecular complexity index is 559. The summed E-state index contributed by atoms with van der Waals surface area (Å²) in [5.41, 5.74) is 0.335. The molecule has 0 aromatic heterocycles. The van der Waals surface area contributed by atoms with Gasteiger partial charge in [0.15, 0.2) is 0 Å². The molecule has 0 unspecified atom stereocenters. The molecule has 1 heterocycles. The molecule has 0 saturated carbocycles. The molecular formula is C13H18FNO3S. The van der Waals surface area contributed by atoms with Crippen LogP contribution in [0.25, 0.3) is 0 Å². The summed E-state index contributed by atoms with van der Waals surface area (Å²) in [7, 11) is -1.97. The minimum absolute atomic E-state index is 0.0647. The number of aryl methyl sites for hydroxylation is 1. The summed E-state index contributed by atoms with van der Waals surface area (Å²) in [5.74, 6) is -0.396. The summed E-state index contributed by atoms with van der Waals surface area (Å²) in [6.07, 6.45) is 1.58. The predicted octanol–water partition coefficient (Wildman–Crippen LogP) is 1.93. The van der Waals surface area contributed by atoms with Crippen LogP contribution < -0.4 is 0 Å². The molecule has 19 heavy (non-hydrogen) atoms. The maximum absolute atomic E-state index is 13.2. The third-order valence-corrected chi connectivity index (χ3v) is 5.30. The maximum Gasteiger partial charge on any atom is 0.243 e. The van der Waals surface area contributed by atoms with Crippen LogP contribution in [0.15, 0.2) is 23.1 Å². The Labute approximate surface area is 113 Å². The number of methoxy groups -OCH3 is 1. The van der Waals surface area contributed by atoms with Crippen LogP contribution >= 0.6 is 0 Å². The lowest BCUT2D eigenvalue weighted by atomic mass is 10.1. The Morgan fingerprint density at radius 1 is 1.42 bits per heavy atom. The molecule has 106 valence electrons. The number of nitrogens with zero attached hydrogens (tertiary/aromatic N) is 1. The van der Waals surface area contributed by atoms with Gasteiger partial charge in [0.25, 0.3) is 0 Å². The average Bonchev–Trinajstić information content (AvgIpc) is 2.41. The van der Waals surface area contributed by atoms with Crippen LogP contribution in [0.5, 0.6) is 0 Å². The van der Waals surface area contributed by atoms with Crippen LogP contribution in [0.2, 0.25) is 0 Å². The van der Waals surface area contributed by atoms with Crippen molar-refractivity contribution in [3.63, 3.8) is 0 Å². The van der Waals surface area contributed by atoms with Crippen molar-refractivity contribution < 1.29 is 17.5 Å². The zero-order chi connectivity index (χ0) is 14.0. The molecule has 0 bridgehead atoms. The summed E-state index contributed by atoms with van der Waals surface area (Å²) in [6, 6.07) is 3.88. The van der Waals surface area contributed by atoms with Gasteiger partial charge in [0.05, 0.1) is 11.0 Å². The highest BCUT2D eigenvalue weighted by Gasteiger charge is 2.30. The van der Waals surface area contributed by atoms with Gasteiger partial charge in [-0.3, -0.25) is 0 Å². The molecule has 0 radical (unpaired) electrons. The van der Waals surface area contributed by atoms with Crippen LogP contribution in [-0.2, 0) is 14.8 Å². The second-order valence-corrected chi connectivity index (χ2v) is 6.71. The van der Waals surface area contributed by atoms with Gasteiger partial charge in [-0.25, -0.2) is 12.8 Å². The fraction of sp³-hybridized carbons (Fsp3) is 0.538. The Kier molecular flexibility index (Phi) is 4.23. The summed E-state index contributed by atoms with van der Waals surface area (Å²) < 4.78 is 44.8. The third kappa shape index (κ3) is 2.96. The van der Waals surface area contributed by atoms with Crippen molar-refractivity contribution in [2.45, 2.75) is 30.8 Å². The molecule has 1 fully saturated rings. The van der Waals surface area contributed by atoms with E-state index in [0.29, 0.717) is 18.7 Å². The maximum atomic E-state index is 13.2. The second kappa shape index (κ2) is 5.56. The third-order valence-electron chi connectivity index (χ3n) is 3.44. The molecule has 1 atom stereocenters. The number of halogens is 1. The first-order chi connectivity index (χ1) is 8.95. The van der Waals surface area contributed by atoms with Gasteiger partial charge < -0.3 is 4.74 Å². The lowest BCUT2D eigenvalue weighted by Gasteiger charge is -2.31. The zero-order valence-electron chi connectivity index (χ0n) is 11.1. The quantitative estimate of drug-likeness (QED) is 0.853. The van der Waals surface area contributed by atoms with Gasteiger partial charge in [0, 0.05) is 20.2 Å². The first-order valence-electron chi connectivity index (χ1n) is 6.24. The number of ether oxygens (including phenoxy) is 1. The van der Waals surface area contributed by atoms with Crippen molar-refractivity contribution in [1.29, 1.82) is 0 Å². The van der Waals surface area contributed by atoms with E-state index in [2.05, 4.69) is 0 Å². The molecule has 2 rings (SSSR count). The fourth-order valence-corrected chi connectivity index (χ4v) is 3.84. The molecule has 1 aliphatic heterocycles. The van der Waals surface area contributed by atoms with Gasteiger partial charge in [-0.05, 0) is 43.5 Å². The number of hydrogen-bond acceptors (Lipinski definition) is 3. The predicted molar refractivity (Wildman–Crippen MR) is 69.9 cm³/mol. The van der Waals surface area contributed by atoms with E-state index in [0.717, 1.165) is 12.8 Å². The van der Waals surface area contributed by atoms with E-state index < -0.39 is 15.8 Å². The Morgan fingerprint density at radius 2 is 2.16 bits per heavy atom. The van der Waals surface area contributed by atoms with E-state index in [1.54, 1.807) is 14.0 Å². The molecule has 0 amide bonds.